The molecule has 0 aliphatic rings. The van der Waals surface area contributed by atoms with E-state index in [1.54, 1.807) is 48.3 Å². The maximum absolute atomic E-state index is 12.9. The van der Waals surface area contributed by atoms with Gasteiger partial charge in [-0.25, -0.2) is 9.67 Å². The summed E-state index contributed by atoms with van der Waals surface area (Å²) in [7, 11) is 1.68. The molecule has 1 amide bonds. The molecule has 0 saturated carbocycles. The van der Waals surface area contributed by atoms with Gasteiger partial charge in [0.05, 0.1) is 17.4 Å². The van der Waals surface area contributed by atoms with E-state index in [2.05, 4.69) is 25.6 Å². The standard InChI is InChI=1S/C22H16F3N7O/c1-31-21-19(29-30-31)16-9-14(20(33)28-11-13-3-2-8-26-10-13)4-6-17(16)32(21)15-5-7-18(27-12-15)22(23,24)25/h2-10,12H,11H2,1H3,(H,28,33). The molecule has 0 bridgehead atoms. The van der Waals surface area contributed by atoms with Crippen molar-refractivity contribution in [3.05, 3.63) is 77.9 Å². The molecule has 5 rings (SSSR count). The predicted octanol–water partition coefficient (Wildman–Crippen LogP) is 3.65. The summed E-state index contributed by atoms with van der Waals surface area (Å²) in [6, 6.07) is 11.0. The van der Waals surface area contributed by atoms with Gasteiger partial charge in [-0.15, -0.1) is 5.10 Å². The molecule has 0 fully saturated rings. The number of hydrogen-bond acceptors (Lipinski definition) is 5. The largest absolute Gasteiger partial charge is 0.433 e. The third kappa shape index (κ3) is 3.67. The Hall–Kier alpha value is -4.28. The summed E-state index contributed by atoms with van der Waals surface area (Å²) in [4.78, 5) is 20.3. The minimum absolute atomic E-state index is 0.276. The fourth-order valence-corrected chi connectivity index (χ4v) is 3.69. The molecule has 0 spiro atoms. The molecule has 0 unspecified atom stereocenters. The Balaban J connectivity index is 1.55. The van der Waals surface area contributed by atoms with Gasteiger partial charge in [0.25, 0.3) is 5.91 Å². The first-order chi connectivity index (χ1) is 15.8. The van der Waals surface area contributed by atoms with E-state index in [0.29, 0.717) is 39.9 Å². The van der Waals surface area contributed by atoms with Crippen molar-refractivity contribution in [3.8, 4) is 5.69 Å². The number of fused-ring (bicyclic) bond motifs is 3. The second-order valence-corrected chi connectivity index (χ2v) is 7.40. The average molecular weight is 451 g/mol. The van der Waals surface area contributed by atoms with Gasteiger partial charge < -0.3 is 5.32 Å². The highest BCUT2D eigenvalue weighted by Crippen LogP contribution is 2.32. The van der Waals surface area contributed by atoms with E-state index in [0.717, 1.165) is 17.8 Å². The lowest BCUT2D eigenvalue weighted by atomic mass is 10.1. The van der Waals surface area contributed by atoms with E-state index in [9.17, 15) is 18.0 Å². The smallest absolute Gasteiger partial charge is 0.348 e. The van der Waals surface area contributed by atoms with Crippen molar-refractivity contribution in [2.24, 2.45) is 7.05 Å². The number of hydrogen-bond donors (Lipinski definition) is 1. The summed E-state index contributed by atoms with van der Waals surface area (Å²) < 4.78 is 42.1. The minimum Gasteiger partial charge on any atom is -0.348 e. The van der Waals surface area contributed by atoms with Crippen molar-refractivity contribution >= 4 is 28.0 Å². The number of nitrogens with one attached hydrogen (secondary N) is 1. The Morgan fingerprint density at radius 1 is 1.12 bits per heavy atom. The zero-order chi connectivity index (χ0) is 23.2. The lowest BCUT2D eigenvalue weighted by Gasteiger charge is -2.10. The van der Waals surface area contributed by atoms with Gasteiger partial charge in [-0.2, -0.15) is 13.2 Å². The number of carbonyl (C=O) groups excluding carboxylic acids is 1. The molecule has 0 saturated heterocycles. The predicted molar refractivity (Wildman–Crippen MR) is 114 cm³/mol. The van der Waals surface area contributed by atoms with E-state index < -0.39 is 11.9 Å². The Bertz CT molecular complexity index is 1470. The van der Waals surface area contributed by atoms with Crippen LogP contribution in [0.4, 0.5) is 13.2 Å². The van der Waals surface area contributed by atoms with E-state index >= 15 is 0 Å². The molecule has 0 aliphatic heterocycles. The quantitative estimate of drug-likeness (QED) is 0.451. The van der Waals surface area contributed by atoms with Crippen LogP contribution in [0.2, 0.25) is 0 Å². The summed E-state index contributed by atoms with van der Waals surface area (Å²) in [5.41, 5.74) is 2.48. The third-order valence-electron chi connectivity index (χ3n) is 5.24. The monoisotopic (exact) mass is 451 g/mol. The molecule has 4 aromatic heterocycles. The van der Waals surface area contributed by atoms with Gasteiger partial charge in [0, 0.05) is 36.9 Å². The van der Waals surface area contributed by atoms with Gasteiger partial charge in [0.2, 0.25) is 0 Å². The van der Waals surface area contributed by atoms with Crippen LogP contribution < -0.4 is 5.32 Å². The number of nitrogens with zero attached hydrogens (tertiary/aromatic N) is 6. The Morgan fingerprint density at radius 3 is 2.67 bits per heavy atom. The highest BCUT2D eigenvalue weighted by Gasteiger charge is 2.32. The number of halogens is 3. The molecule has 166 valence electrons. The maximum atomic E-state index is 12.9. The number of aryl methyl sites for hydroxylation is 1. The van der Waals surface area contributed by atoms with Gasteiger partial charge in [-0.05, 0) is 42.0 Å². The molecule has 8 nitrogen and oxygen atoms in total. The summed E-state index contributed by atoms with van der Waals surface area (Å²) in [5.74, 6) is -0.276. The van der Waals surface area contributed by atoms with Crippen LogP contribution in [0.1, 0.15) is 21.6 Å². The topological polar surface area (TPSA) is 90.5 Å². The first-order valence-electron chi connectivity index (χ1n) is 9.87. The van der Waals surface area contributed by atoms with E-state index in [1.807, 2.05) is 6.07 Å². The van der Waals surface area contributed by atoms with Crippen LogP contribution in [0.5, 0.6) is 0 Å². The number of benzene rings is 1. The molecular formula is C22H16F3N7O. The number of aromatic nitrogens is 6. The van der Waals surface area contributed by atoms with Crippen LogP contribution in [0.25, 0.3) is 27.8 Å². The molecular weight excluding hydrogens is 435 g/mol. The summed E-state index contributed by atoms with van der Waals surface area (Å²) >= 11 is 0. The molecule has 1 N–H and O–H groups in total. The lowest BCUT2D eigenvalue weighted by Crippen LogP contribution is -2.22. The van der Waals surface area contributed by atoms with Crippen molar-refractivity contribution in [1.29, 1.82) is 0 Å². The number of alkyl halides is 3. The molecule has 1 aromatic carbocycles. The number of carbonyl (C=O) groups is 1. The van der Waals surface area contributed by atoms with Gasteiger partial charge >= 0.3 is 6.18 Å². The van der Waals surface area contributed by atoms with Crippen LogP contribution in [0, 0.1) is 0 Å². The SMILES string of the molecule is Cn1nnc2c3cc(C(=O)NCc4cccnc4)ccc3n(-c3ccc(C(F)(F)F)nc3)c21. The average Bonchev–Trinajstić information content (AvgIpc) is 3.35. The van der Waals surface area contributed by atoms with Gasteiger partial charge in [-0.1, -0.05) is 11.3 Å². The zero-order valence-electron chi connectivity index (χ0n) is 17.2. The highest BCUT2D eigenvalue weighted by atomic mass is 19.4. The minimum atomic E-state index is -4.53. The molecule has 33 heavy (non-hydrogen) atoms. The van der Waals surface area contributed by atoms with Crippen LogP contribution in [-0.2, 0) is 19.8 Å². The van der Waals surface area contributed by atoms with E-state index in [1.165, 1.54) is 10.7 Å². The third-order valence-corrected chi connectivity index (χ3v) is 5.24. The fraction of sp³-hybridized carbons (Fsp3) is 0.136. The van der Waals surface area contributed by atoms with E-state index in [-0.39, 0.29) is 5.91 Å². The molecule has 0 atom stereocenters. The van der Waals surface area contributed by atoms with Crippen molar-refractivity contribution in [2.75, 3.05) is 0 Å². The molecule has 0 aliphatic carbocycles. The summed E-state index contributed by atoms with van der Waals surface area (Å²) in [5, 5.41) is 11.7. The highest BCUT2D eigenvalue weighted by molar-refractivity contribution is 6.09. The number of amides is 1. The van der Waals surface area contributed by atoms with Crippen LogP contribution in [0.15, 0.2) is 61.1 Å². The van der Waals surface area contributed by atoms with E-state index in [4.69, 9.17) is 0 Å². The maximum Gasteiger partial charge on any atom is 0.433 e. The first kappa shape index (κ1) is 20.6. The Kier molecular flexibility index (Phi) is 4.81. The normalized spacial score (nSPS) is 11.9. The first-order valence-corrected chi connectivity index (χ1v) is 9.87. The Morgan fingerprint density at radius 2 is 1.97 bits per heavy atom. The van der Waals surface area contributed by atoms with Crippen molar-refractivity contribution < 1.29 is 18.0 Å². The molecule has 0 radical (unpaired) electrons. The van der Waals surface area contributed by atoms with Crippen molar-refractivity contribution in [2.45, 2.75) is 12.7 Å². The lowest BCUT2D eigenvalue weighted by molar-refractivity contribution is -0.141. The molecule has 4 heterocycles. The van der Waals surface area contributed by atoms with Crippen molar-refractivity contribution in [3.63, 3.8) is 0 Å². The van der Waals surface area contributed by atoms with Gasteiger partial charge in [0.1, 0.15) is 11.2 Å². The van der Waals surface area contributed by atoms with Crippen molar-refractivity contribution in [1.82, 2.24) is 34.8 Å². The van der Waals surface area contributed by atoms with Gasteiger partial charge in [-0.3, -0.25) is 14.3 Å². The molecule has 5 aromatic rings. The van der Waals surface area contributed by atoms with Gasteiger partial charge in [0.15, 0.2) is 5.65 Å². The second kappa shape index (κ2) is 7.69. The van der Waals surface area contributed by atoms with Crippen LogP contribution in [-0.4, -0.2) is 35.4 Å². The summed E-state index contributed by atoms with van der Waals surface area (Å²) in [6.45, 7) is 0.323. The van der Waals surface area contributed by atoms with Crippen LogP contribution >= 0.6 is 0 Å². The molecule has 11 heteroatoms. The summed E-state index contributed by atoms with van der Waals surface area (Å²) in [6.07, 6.45) is -0.0466. The fourth-order valence-electron chi connectivity index (χ4n) is 3.69. The zero-order valence-corrected chi connectivity index (χ0v) is 17.2. The second-order valence-electron chi connectivity index (χ2n) is 7.40. The Labute approximate surface area is 184 Å². The van der Waals surface area contributed by atoms with Crippen LogP contribution in [0.3, 0.4) is 0 Å². The number of rotatable bonds is 4. The number of pyridine rings is 2.